The van der Waals surface area contributed by atoms with E-state index in [1.807, 2.05) is 4.90 Å². The second kappa shape index (κ2) is 12.7. The summed E-state index contributed by atoms with van der Waals surface area (Å²) in [4.78, 5) is 33.1. The van der Waals surface area contributed by atoms with Gasteiger partial charge >= 0.3 is 18.4 Å². The number of amides is 3. The lowest BCUT2D eigenvalue weighted by atomic mass is 9.78. The molecular weight excluding hydrogens is 617 g/mol. The Balaban J connectivity index is 1.44. The Kier molecular flexibility index (Phi) is 9.38. The van der Waals surface area contributed by atoms with E-state index in [4.69, 9.17) is 0 Å². The standard InChI is InChI=1S/C33H39F7N4O2/c1-19-15-24(34)6-8-26(19)30-28-18-43(25-10-12-42(13-11-25)21(3)45)17-22(28)9-14-44(30)31(46)41(4)20(2)27-7-5-23(32(35,36)37)16-29(27)33(38,39)40/h5-8,15-16,20,22,25,28,30H,9-14,17-18H2,1-4H3/t20?,22?,28-,30+/m1/s1. The Bertz CT molecular complexity index is 1450. The molecule has 3 fully saturated rings. The average molecular weight is 657 g/mol. The van der Waals surface area contributed by atoms with Crippen molar-refractivity contribution < 1.29 is 40.3 Å². The maximum Gasteiger partial charge on any atom is 0.416 e. The number of rotatable bonds is 4. The van der Waals surface area contributed by atoms with Crippen molar-refractivity contribution in [3.05, 3.63) is 70.0 Å². The monoisotopic (exact) mass is 656 g/mol. The van der Waals surface area contributed by atoms with Gasteiger partial charge in [-0.25, -0.2) is 9.18 Å². The molecule has 2 unspecified atom stereocenters. The van der Waals surface area contributed by atoms with Gasteiger partial charge in [-0.2, -0.15) is 26.3 Å². The largest absolute Gasteiger partial charge is 0.416 e. The quantitative estimate of drug-likeness (QED) is 0.325. The molecule has 3 amide bonds. The third-order valence-electron chi connectivity index (χ3n) is 10.2. The molecule has 46 heavy (non-hydrogen) atoms. The summed E-state index contributed by atoms with van der Waals surface area (Å²) >= 11 is 0. The summed E-state index contributed by atoms with van der Waals surface area (Å²) in [6, 6.07) is 3.90. The van der Waals surface area contributed by atoms with Gasteiger partial charge in [-0.1, -0.05) is 12.1 Å². The molecule has 0 aromatic heterocycles. The number of aryl methyl sites for hydroxylation is 1. The second-order valence-electron chi connectivity index (χ2n) is 12.9. The van der Waals surface area contributed by atoms with E-state index in [1.54, 1.807) is 24.8 Å². The van der Waals surface area contributed by atoms with Crippen LogP contribution >= 0.6 is 0 Å². The summed E-state index contributed by atoms with van der Waals surface area (Å²) in [5.74, 6) is -0.192. The predicted octanol–water partition coefficient (Wildman–Crippen LogP) is 7.29. The fraction of sp³-hybridized carbons (Fsp3) is 0.576. The highest BCUT2D eigenvalue weighted by atomic mass is 19.4. The van der Waals surface area contributed by atoms with Crippen molar-refractivity contribution >= 4 is 11.9 Å². The van der Waals surface area contributed by atoms with E-state index in [2.05, 4.69) is 4.90 Å². The van der Waals surface area contributed by atoms with Crippen molar-refractivity contribution in [3.8, 4) is 0 Å². The summed E-state index contributed by atoms with van der Waals surface area (Å²) in [5, 5.41) is 0. The van der Waals surface area contributed by atoms with E-state index >= 15 is 0 Å². The number of carbonyl (C=O) groups excluding carboxylic acids is 2. The molecule has 252 valence electrons. The Morgan fingerprint density at radius 1 is 0.913 bits per heavy atom. The highest BCUT2D eigenvalue weighted by Crippen LogP contribution is 2.47. The molecule has 0 radical (unpaired) electrons. The molecule has 13 heteroatoms. The molecule has 0 N–H and O–H groups in total. The molecule has 0 spiro atoms. The minimum Gasteiger partial charge on any atom is -0.343 e. The number of halogens is 7. The number of likely N-dealkylation sites (tertiary alicyclic amines) is 3. The van der Waals surface area contributed by atoms with Crippen molar-refractivity contribution in [2.24, 2.45) is 11.8 Å². The zero-order valence-corrected chi connectivity index (χ0v) is 26.3. The Hall–Kier alpha value is -3.35. The molecule has 0 bridgehead atoms. The fourth-order valence-corrected chi connectivity index (χ4v) is 7.62. The van der Waals surface area contributed by atoms with E-state index in [-0.39, 0.29) is 29.9 Å². The lowest BCUT2D eigenvalue weighted by Gasteiger charge is -2.45. The molecule has 3 aliphatic heterocycles. The van der Waals surface area contributed by atoms with Crippen LogP contribution in [-0.2, 0) is 17.1 Å². The third kappa shape index (κ3) is 6.70. The maximum atomic E-state index is 14.2. The summed E-state index contributed by atoms with van der Waals surface area (Å²) in [6.45, 7) is 7.81. The van der Waals surface area contributed by atoms with Gasteiger partial charge in [0.2, 0.25) is 5.91 Å². The van der Waals surface area contributed by atoms with Crippen LogP contribution in [-0.4, -0.2) is 77.4 Å². The molecule has 2 aromatic carbocycles. The SMILES string of the molecule is CC(=O)N1CCC(N2CC3CCN(C(=O)N(C)C(C)c4ccc(C(F)(F)F)cc4C(F)(F)F)[C@@H](c4ccc(F)cc4C)[C@@H]3C2)CC1. The first-order valence-corrected chi connectivity index (χ1v) is 15.5. The van der Waals surface area contributed by atoms with Gasteiger partial charge < -0.3 is 14.7 Å². The number of benzene rings is 2. The van der Waals surface area contributed by atoms with Gasteiger partial charge in [0.15, 0.2) is 0 Å². The van der Waals surface area contributed by atoms with Crippen molar-refractivity contribution in [1.29, 1.82) is 0 Å². The molecule has 6 nitrogen and oxygen atoms in total. The van der Waals surface area contributed by atoms with Crippen LogP contribution in [0.4, 0.5) is 35.5 Å². The van der Waals surface area contributed by atoms with E-state index in [0.717, 1.165) is 35.9 Å². The lowest BCUT2D eigenvalue weighted by Crippen LogP contribution is -2.51. The number of carbonyl (C=O) groups is 2. The van der Waals surface area contributed by atoms with Crippen LogP contribution in [0.5, 0.6) is 0 Å². The summed E-state index contributed by atoms with van der Waals surface area (Å²) in [7, 11) is 1.36. The van der Waals surface area contributed by atoms with Crippen molar-refractivity contribution in [2.45, 2.75) is 70.5 Å². The van der Waals surface area contributed by atoms with Gasteiger partial charge in [0, 0.05) is 58.7 Å². The Labute approximate surface area is 264 Å². The zero-order valence-electron chi connectivity index (χ0n) is 26.3. The smallest absolute Gasteiger partial charge is 0.343 e. The Morgan fingerprint density at radius 3 is 2.17 bits per heavy atom. The molecular formula is C33H39F7N4O2. The van der Waals surface area contributed by atoms with Gasteiger partial charge in [-0.3, -0.25) is 9.69 Å². The lowest BCUT2D eigenvalue weighted by molar-refractivity contribution is -0.143. The number of alkyl halides is 6. The summed E-state index contributed by atoms with van der Waals surface area (Å²) in [6.07, 6.45) is -7.72. The highest BCUT2D eigenvalue weighted by molar-refractivity contribution is 5.76. The second-order valence-corrected chi connectivity index (χ2v) is 12.9. The van der Waals surface area contributed by atoms with Gasteiger partial charge in [0.05, 0.1) is 23.2 Å². The van der Waals surface area contributed by atoms with Crippen molar-refractivity contribution in [3.63, 3.8) is 0 Å². The zero-order chi connectivity index (χ0) is 33.7. The number of urea groups is 1. The molecule has 3 heterocycles. The van der Waals surface area contributed by atoms with Crippen LogP contribution in [0.1, 0.15) is 73.0 Å². The third-order valence-corrected chi connectivity index (χ3v) is 10.2. The van der Waals surface area contributed by atoms with Gasteiger partial charge in [0.1, 0.15) is 5.82 Å². The van der Waals surface area contributed by atoms with Gasteiger partial charge in [-0.15, -0.1) is 0 Å². The van der Waals surface area contributed by atoms with E-state index in [1.165, 1.54) is 26.1 Å². The van der Waals surface area contributed by atoms with Crippen LogP contribution < -0.4 is 0 Å². The van der Waals surface area contributed by atoms with Crippen molar-refractivity contribution in [1.82, 2.24) is 19.6 Å². The summed E-state index contributed by atoms with van der Waals surface area (Å²) in [5.41, 5.74) is -1.90. The first kappa shape index (κ1) is 34.0. The number of piperidine rings is 2. The van der Waals surface area contributed by atoms with Crippen LogP contribution in [0.25, 0.3) is 0 Å². The van der Waals surface area contributed by atoms with Gasteiger partial charge in [-0.05, 0) is 80.0 Å². The number of hydrogen-bond acceptors (Lipinski definition) is 3. The van der Waals surface area contributed by atoms with Crippen LogP contribution in [0.3, 0.4) is 0 Å². The number of hydrogen-bond donors (Lipinski definition) is 0. The predicted molar refractivity (Wildman–Crippen MR) is 157 cm³/mol. The molecule has 3 saturated heterocycles. The van der Waals surface area contributed by atoms with E-state index in [9.17, 15) is 40.3 Å². The molecule has 5 rings (SSSR count). The molecule has 2 aromatic rings. The number of nitrogens with zero attached hydrogens (tertiary/aromatic N) is 4. The van der Waals surface area contributed by atoms with E-state index in [0.29, 0.717) is 44.2 Å². The fourth-order valence-electron chi connectivity index (χ4n) is 7.62. The molecule has 3 aliphatic rings. The van der Waals surface area contributed by atoms with Crippen LogP contribution in [0, 0.1) is 24.6 Å². The molecule has 4 atom stereocenters. The normalized spacial score (nSPS) is 23.8. The molecule has 0 saturated carbocycles. The minimum absolute atomic E-state index is 0.0341. The average Bonchev–Trinajstić information content (AvgIpc) is 3.43. The maximum absolute atomic E-state index is 14.2. The summed E-state index contributed by atoms with van der Waals surface area (Å²) < 4.78 is 96.2. The van der Waals surface area contributed by atoms with Crippen molar-refractivity contribution in [2.75, 3.05) is 39.8 Å². The first-order valence-electron chi connectivity index (χ1n) is 15.5. The topological polar surface area (TPSA) is 47.1 Å². The Morgan fingerprint density at radius 2 is 1.59 bits per heavy atom. The van der Waals surface area contributed by atoms with Crippen LogP contribution in [0.15, 0.2) is 36.4 Å². The van der Waals surface area contributed by atoms with Gasteiger partial charge in [0.25, 0.3) is 0 Å². The highest BCUT2D eigenvalue weighted by Gasteiger charge is 2.49. The van der Waals surface area contributed by atoms with Crippen LogP contribution in [0.2, 0.25) is 0 Å². The number of fused-ring (bicyclic) bond motifs is 1. The van der Waals surface area contributed by atoms with E-state index < -0.39 is 53.0 Å². The minimum atomic E-state index is -5.07. The molecule has 0 aliphatic carbocycles. The first-order chi connectivity index (χ1) is 21.5.